The zero-order chi connectivity index (χ0) is 14.7. The van der Waals surface area contributed by atoms with Crippen molar-refractivity contribution >= 4 is 5.91 Å². The summed E-state index contributed by atoms with van der Waals surface area (Å²) >= 11 is 0. The molecule has 3 nitrogen and oxygen atoms in total. The van der Waals surface area contributed by atoms with Gasteiger partial charge in [0.25, 0.3) is 0 Å². The minimum absolute atomic E-state index is 0.0587. The van der Waals surface area contributed by atoms with Gasteiger partial charge in [0.05, 0.1) is 0 Å². The predicted octanol–water partition coefficient (Wildman–Crippen LogP) is 2.95. The Balaban J connectivity index is 2.15. The van der Waals surface area contributed by atoms with Gasteiger partial charge >= 0.3 is 0 Å². The van der Waals surface area contributed by atoms with Gasteiger partial charge in [0.1, 0.15) is 12.4 Å². The summed E-state index contributed by atoms with van der Waals surface area (Å²) in [5.74, 6) is -1.74. The average Bonchev–Trinajstić information content (AvgIpc) is 2.41. The largest absolute Gasteiger partial charge is 0.486 e. The quantitative estimate of drug-likeness (QED) is 0.934. The summed E-state index contributed by atoms with van der Waals surface area (Å²) < 4.78 is 32.7. The molecule has 2 aromatic carbocycles. The Hall–Kier alpha value is -2.43. The number of carbonyl (C=O) groups is 1. The number of benzene rings is 2. The Morgan fingerprint density at radius 2 is 2.00 bits per heavy atom. The molecule has 2 aromatic rings. The van der Waals surface area contributed by atoms with Gasteiger partial charge in [-0.3, -0.25) is 4.79 Å². The van der Waals surface area contributed by atoms with Crippen molar-refractivity contribution in [1.29, 1.82) is 0 Å². The van der Waals surface area contributed by atoms with Gasteiger partial charge < -0.3 is 10.5 Å². The second kappa shape index (κ2) is 5.69. The first-order chi connectivity index (χ1) is 9.49. The van der Waals surface area contributed by atoms with Crippen LogP contribution in [-0.2, 0) is 6.61 Å². The Kier molecular flexibility index (Phi) is 3.98. The summed E-state index contributed by atoms with van der Waals surface area (Å²) in [6.07, 6.45) is 0. The van der Waals surface area contributed by atoms with E-state index in [1.54, 1.807) is 19.1 Å². The normalized spacial score (nSPS) is 10.3. The highest BCUT2D eigenvalue weighted by Crippen LogP contribution is 2.21. The van der Waals surface area contributed by atoms with Crippen molar-refractivity contribution in [3.63, 3.8) is 0 Å². The number of primary amides is 1. The molecule has 0 spiro atoms. The number of nitrogens with two attached hydrogens (primary N) is 1. The maximum absolute atomic E-state index is 13.7. The van der Waals surface area contributed by atoms with Gasteiger partial charge in [0.15, 0.2) is 11.6 Å². The van der Waals surface area contributed by atoms with Gasteiger partial charge in [-0.25, -0.2) is 8.78 Å². The molecule has 0 fully saturated rings. The highest BCUT2D eigenvalue weighted by molar-refractivity contribution is 5.92. The molecule has 104 valence electrons. The lowest BCUT2D eigenvalue weighted by molar-refractivity contribution is 0.0999. The van der Waals surface area contributed by atoms with E-state index in [-0.39, 0.29) is 23.5 Å². The van der Waals surface area contributed by atoms with E-state index in [1.807, 2.05) is 0 Å². The molecule has 0 atom stereocenters. The molecular formula is C15H13F2NO2. The van der Waals surface area contributed by atoms with Crippen molar-refractivity contribution in [2.24, 2.45) is 5.73 Å². The fourth-order valence-corrected chi connectivity index (χ4v) is 1.71. The van der Waals surface area contributed by atoms with Crippen LogP contribution in [-0.4, -0.2) is 5.91 Å². The summed E-state index contributed by atoms with van der Waals surface area (Å²) in [5, 5.41) is 0. The van der Waals surface area contributed by atoms with Crippen LogP contribution in [0.25, 0.3) is 0 Å². The standard InChI is InChI=1S/C15H13F2NO2/c1-9-3-2-4-13(14(9)17)20-8-11-6-5-10(15(18)19)7-12(11)16/h2-7H,8H2,1H3,(H2,18,19). The molecule has 2 N–H and O–H groups in total. The average molecular weight is 277 g/mol. The third-order valence-corrected chi connectivity index (χ3v) is 2.88. The van der Waals surface area contributed by atoms with E-state index in [4.69, 9.17) is 10.5 Å². The highest BCUT2D eigenvalue weighted by Gasteiger charge is 2.10. The molecule has 0 radical (unpaired) electrons. The third kappa shape index (κ3) is 2.93. The molecule has 1 amide bonds. The van der Waals surface area contributed by atoms with E-state index in [2.05, 4.69) is 0 Å². The Labute approximate surface area is 115 Å². The van der Waals surface area contributed by atoms with Gasteiger partial charge in [-0.2, -0.15) is 0 Å². The maximum atomic E-state index is 13.7. The van der Waals surface area contributed by atoms with E-state index in [0.29, 0.717) is 5.56 Å². The van der Waals surface area contributed by atoms with Gasteiger partial charge in [-0.05, 0) is 30.7 Å². The molecule has 0 bridgehead atoms. The van der Waals surface area contributed by atoms with Crippen molar-refractivity contribution in [2.45, 2.75) is 13.5 Å². The number of hydrogen-bond donors (Lipinski definition) is 1. The molecule has 2 rings (SSSR count). The lowest BCUT2D eigenvalue weighted by Gasteiger charge is -2.09. The molecule has 20 heavy (non-hydrogen) atoms. The molecule has 5 heteroatoms. The van der Waals surface area contributed by atoms with E-state index in [0.717, 1.165) is 6.07 Å². The number of halogens is 2. The zero-order valence-corrected chi connectivity index (χ0v) is 10.8. The lowest BCUT2D eigenvalue weighted by atomic mass is 10.1. The summed E-state index contributed by atoms with van der Waals surface area (Å²) in [4.78, 5) is 10.9. The van der Waals surface area contributed by atoms with Crippen molar-refractivity contribution in [3.05, 3.63) is 64.7 Å². The van der Waals surface area contributed by atoms with E-state index >= 15 is 0 Å². The monoisotopic (exact) mass is 277 g/mol. The molecule has 0 saturated heterocycles. The first kappa shape index (κ1) is 14.0. The van der Waals surface area contributed by atoms with Gasteiger partial charge in [-0.1, -0.05) is 18.2 Å². The fraction of sp³-hybridized carbons (Fsp3) is 0.133. The highest BCUT2D eigenvalue weighted by atomic mass is 19.1. The van der Waals surface area contributed by atoms with Crippen LogP contribution in [0.3, 0.4) is 0 Å². The minimum atomic E-state index is -0.707. The Bertz CT molecular complexity index is 656. The molecule has 0 heterocycles. The van der Waals surface area contributed by atoms with Crippen LogP contribution in [0, 0.1) is 18.6 Å². The number of amides is 1. The summed E-state index contributed by atoms with van der Waals surface area (Å²) in [7, 11) is 0. The number of ether oxygens (including phenoxy) is 1. The second-order valence-electron chi connectivity index (χ2n) is 4.35. The van der Waals surface area contributed by atoms with Gasteiger partial charge in [0.2, 0.25) is 5.91 Å². The van der Waals surface area contributed by atoms with E-state index in [1.165, 1.54) is 18.2 Å². The van der Waals surface area contributed by atoms with E-state index < -0.39 is 17.5 Å². The number of hydrogen-bond acceptors (Lipinski definition) is 2. The molecule has 0 aliphatic heterocycles. The Morgan fingerprint density at radius 3 is 2.65 bits per heavy atom. The van der Waals surface area contributed by atoms with Crippen molar-refractivity contribution < 1.29 is 18.3 Å². The second-order valence-corrected chi connectivity index (χ2v) is 4.35. The fourth-order valence-electron chi connectivity index (χ4n) is 1.71. The van der Waals surface area contributed by atoms with Crippen molar-refractivity contribution in [2.75, 3.05) is 0 Å². The van der Waals surface area contributed by atoms with Crippen LogP contribution in [0.1, 0.15) is 21.5 Å². The molecule has 0 saturated carbocycles. The number of rotatable bonds is 4. The first-order valence-electron chi connectivity index (χ1n) is 5.95. The van der Waals surface area contributed by atoms with Crippen LogP contribution in [0.5, 0.6) is 5.75 Å². The topological polar surface area (TPSA) is 52.3 Å². The summed E-state index contributed by atoms with van der Waals surface area (Å²) in [5.41, 5.74) is 5.79. The Morgan fingerprint density at radius 1 is 1.25 bits per heavy atom. The molecule has 0 aliphatic carbocycles. The lowest BCUT2D eigenvalue weighted by Crippen LogP contribution is -2.12. The minimum Gasteiger partial charge on any atom is -0.486 e. The molecule has 0 unspecified atom stereocenters. The molecule has 0 aromatic heterocycles. The van der Waals surface area contributed by atoms with Crippen LogP contribution >= 0.6 is 0 Å². The zero-order valence-electron chi connectivity index (χ0n) is 10.8. The van der Waals surface area contributed by atoms with Crippen LogP contribution < -0.4 is 10.5 Å². The van der Waals surface area contributed by atoms with E-state index in [9.17, 15) is 13.6 Å². The summed E-state index contributed by atoms with van der Waals surface area (Å²) in [6.45, 7) is 1.48. The molecular weight excluding hydrogens is 264 g/mol. The number of aryl methyl sites for hydroxylation is 1. The van der Waals surface area contributed by atoms with Crippen LogP contribution in [0.2, 0.25) is 0 Å². The van der Waals surface area contributed by atoms with Crippen LogP contribution in [0.15, 0.2) is 36.4 Å². The predicted molar refractivity (Wildman–Crippen MR) is 70.4 cm³/mol. The van der Waals surface area contributed by atoms with Crippen molar-refractivity contribution in [1.82, 2.24) is 0 Å². The SMILES string of the molecule is Cc1cccc(OCc2ccc(C(N)=O)cc2F)c1F. The molecule has 0 aliphatic rings. The maximum Gasteiger partial charge on any atom is 0.248 e. The number of carbonyl (C=O) groups excluding carboxylic acids is 1. The van der Waals surface area contributed by atoms with Crippen LogP contribution in [0.4, 0.5) is 8.78 Å². The first-order valence-corrected chi connectivity index (χ1v) is 5.95. The van der Waals surface area contributed by atoms with Gasteiger partial charge in [-0.15, -0.1) is 0 Å². The van der Waals surface area contributed by atoms with Crippen molar-refractivity contribution in [3.8, 4) is 5.75 Å². The summed E-state index contributed by atoms with van der Waals surface area (Å²) in [6, 6.07) is 8.57. The van der Waals surface area contributed by atoms with Gasteiger partial charge in [0, 0.05) is 11.1 Å². The third-order valence-electron chi connectivity index (χ3n) is 2.88. The smallest absolute Gasteiger partial charge is 0.248 e.